The van der Waals surface area contributed by atoms with E-state index in [0.29, 0.717) is 33.8 Å². The summed E-state index contributed by atoms with van der Waals surface area (Å²) < 4.78 is 41.2. The number of benzene rings is 3. The van der Waals surface area contributed by atoms with Crippen molar-refractivity contribution in [2.75, 3.05) is 10.6 Å². The lowest BCUT2D eigenvalue weighted by Gasteiger charge is -2.10. The first-order valence-corrected chi connectivity index (χ1v) is 12.3. The molecule has 6 rings (SSSR count). The summed E-state index contributed by atoms with van der Waals surface area (Å²) in [6.45, 7) is 0. The second kappa shape index (κ2) is 10.8. The Hall–Kier alpha value is -5.78. The number of nitrogens with one attached hydrogen (secondary N) is 3. The lowest BCUT2D eigenvalue weighted by Crippen LogP contribution is -2.19. The molecule has 0 radical (unpaired) electrons. The van der Waals surface area contributed by atoms with Crippen LogP contribution in [-0.2, 0) is 7.05 Å². The Morgan fingerprint density at radius 2 is 1.71 bits per heavy atom. The molecule has 3 aromatic heterocycles. The van der Waals surface area contributed by atoms with Gasteiger partial charge >= 0.3 is 6.03 Å². The van der Waals surface area contributed by atoms with Crippen molar-refractivity contribution >= 4 is 28.4 Å². The van der Waals surface area contributed by atoms with Gasteiger partial charge in [0.25, 0.3) is 0 Å². The zero-order valence-electron chi connectivity index (χ0n) is 21.4. The Labute approximate surface area is 231 Å². The van der Waals surface area contributed by atoms with Gasteiger partial charge in [-0.3, -0.25) is 20.1 Å². The molecular formula is C29H21F2N7O3. The first kappa shape index (κ1) is 25.5. The lowest BCUT2D eigenvalue weighted by atomic mass is 10.2. The van der Waals surface area contributed by atoms with Gasteiger partial charge in [-0.1, -0.05) is 0 Å². The molecule has 0 saturated carbocycles. The van der Waals surface area contributed by atoms with Gasteiger partial charge in [-0.05, 0) is 60.7 Å². The summed E-state index contributed by atoms with van der Waals surface area (Å²) in [5.74, 6) is 0.490. The van der Waals surface area contributed by atoms with Crippen LogP contribution in [0.25, 0.3) is 22.2 Å². The van der Waals surface area contributed by atoms with E-state index in [9.17, 15) is 13.6 Å². The van der Waals surface area contributed by atoms with E-state index < -0.39 is 11.8 Å². The fourth-order valence-electron chi connectivity index (χ4n) is 4.03. The van der Waals surface area contributed by atoms with Crippen molar-refractivity contribution in [3.8, 4) is 34.3 Å². The predicted molar refractivity (Wildman–Crippen MR) is 148 cm³/mol. The average molecular weight is 554 g/mol. The number of carbonyl (C=O) groups is 1. The number of pyridine rings is 1. The second-order valence-electron chi connectivity index (χ2n) is 8.94. The number of anilines is 2. The summed E-state index contributed by atoms with van der Waals surface area (Å²) in [5.41, 5.74) is 2.29. The number of amides is 2. The standard InChI is InChI=1S/C29H21F2N7O3/c1-38-16-17(15-33-38)26-14-22(10-11-32-26)41-27-9-4-19(12-24(27)31)34-29(39)35-28-23-13-21(7-8-25(23)36-37-28)40-20-5-2-18(30)3-6-20/h2-16H,1H3,(H3,34,35,36,37,39). The maximum atomic E-state index is 14.9. The van der Waals surface area contributed by atoms with Crippen molar-refractivity contribution in [3.05, 3.63) is 103 Å². The van der Waals surface area contributed by atoms with Crippen LogP contribution in [0.4, 0.5) is 25.1 Å². The number of H-pyrrole nitrogens is 1. The minimum absolute atomic E-state index is 0.0220. The molecule has 3 N–H and O–H groups in total. The van der Waals surface area contributed by atoms with Crippen LogP contribution in [0.3, 0.4) is 0 Å². The first-order valence-electron chi connectivity index (χ1n) is 12.3. The van der Waals surface area contributed by atoms with E-state index in [1.807, 2.05) is 6.20 Å². The first-order chi connectivity index (χ1) is 19.9. The van der Waals surface area contributed by atoms with Gasteiger partial charge in [-0.15, -0.1) is 0 Å². The molecule has 0 aliphatic rings. The van der Waals surface area contributed by atoms with Gasteiger partial charge in [0.05, 0.1) is 17.4 Å². The molecule has 6 aromatic rings. The van der Waals surface area contributed by atoms with Crippen molar-refractivity contribution in [1.29, 1.82) is 0 Å². The number of carbonyl (C=O) groups excluding carboxylic acids is 1. The molecule has 41 heavy (non-hydrogen) atoms. The van der Waals surface area contributed by atoms with Gasteiger partial charge in [0, 0.05) is 48.2 Å². The second-order valence-corrected chi connectivity index (χ2v) is 8.94. The smallest absolute Gasteiger partial charge is 0.324 e. The van der Waals surface area contributed by atoms with E-state index >= 15 is 0 Å². The van der Waals surface area contributed by atoms with Gasteiger partial charge in [0.15, 0.2) is 17.4 Å². The van der Waals surface area contributed by atoms with E-state index in [2.05, 4.69) is 30.9 Å². The molecule has 0 spiro atoms. The van der Waals surface area contributed by atoms with Crippen LogP contribution in [0.5, 0.6) is 23.0 Å². The van der Waals surface area contributed by atoms with Crippen molar-refractivity contribution in [3.63, 3.8) is 0 Å². The van der Waals surface area contributed by atoms with Crippen LogP contribution in [0.2, 0.25) is 0 Å². The van der Waals surface area contributed by atoms with E-state index in [1.54, 1.807) is 54.5 Å². The minimum Gasteiger partial charge on any atom is -0.457 e. The number of halogens is 2. The molecule has 0 atom stereocenters. The highest BCUT2D eigenvalue weighted by atomic mass is 19.1. The molecule has 3 heterocycles. The van der Waals surface area contributed by atoms with Crippen LogP contribution >= 0.6 is 0 Å². The Kier molecular flexibility index (Phi) is 6.70. The number of ether oxygens (including phenoxy) is 2. The van der Waals surface area contributed by atoms with E-state index in [1.165, 1.54) is 36.4 Å². The number of aromatic amines is 1. The number of rotatable bonds is 7. The van der Waals surface area contributed by atoms with Gasteiger partial charge in [0.1, 0.15) is 23.1 Å². The Morgan fingerprint density at radius 3 is 2.49 bits per heavy atom. The predicted octanol–water partition coefficient (Wildman–Crippen LogP) is 6.87. The summed E-state index contributed by atoms with van der Waals surface area (Å²) >= 11 is 0. The molecule has 0 fully saturated rings. The molecule has 3 aromatic carbocycles. The highest BCUT2D eigenvalue weighted by molar-refractivity contribution is 6.04. The molecule has 0 aliphatic carbocycles. The highest BCUT2D eigenvalue weighted by Crippen LogP contribution is 2.30. The molecule has 0 aliphatic heterocycles. The van der Waals surface area contributed by atoms with Gasteiger partial charge in [0.2, 0.25) is 0 Å². The number of urea groups is 1. The zero-order valence-corrected chi connectivity index (χ0v) is 21.4. The van der Waals surface area contributed by atoms with Gasteiger partial charge < -0.3 is 14.8 Å². The van der Waals surface area contributed by atoms with Gasteiger partial charge in [-0.25, -0.2) is 13.6 Å². The van der Waals surface area contributed by atoms with Crippen LogP contribution in [0, 0.1) is 11.6 Å². The van der Waals surface area contributed by atoms with Crippen molar-refractivity contribution in [2.24, 2.45) is 7.05 Å². The number of hydrogen-bond donors (Lipinski definition) is 3. The Balaban J connectivity index is 1.12. The van der Waals surface area contributed by atoms with E-state index in [4.69, 9.17) is 9.47 Å². The fraction of sp³-hybridized carbons (Fsp3) is 0.0345. The maximum absolute atomic E-state index is 14.9. The summed E-state index contributed by atoms with van der Waals surface area (Å²) in [6, 6.07) is 17.5. The molecule has 12 heteroatoms. The summed E-state index contributed by atoms with van der Waals surface area (Å²) in [6.07, 6.45) is 5.04. The third-order valence-corrected chi connectivity index (χ3v) is 5.97. The lowest BCUT2D eigenvalue weighted by molar-refractivity contribution is 0.262. The zero-order chi connectivity index (χ0) is 28.3. The number of fused-ring (bicyclic) bond motifs is 1. The quantitative estimate of drug-likeness (QED) is 0.199. The van der Waals surface area contributed by atoms with Gasteiger partial charge in [-0.2, -0.15) is 10.2 Å². The third kappa shape index (κ3) is 5.81. The monoisotopic (exact) mass is 553 g/mol. The molecule has 0 unspecified atom stereocenters. The molecular weight excluding hydrogens is 532 g/mol. The highest BCUT2D eigenvalue weighted by Gasteiger charge is 2.13. The number of aryl methyl sites for hydroxylation is 1. The van der Waals surface area contributed by atoms with Crippen LogP contribution in [0.1, 0.15) is 0 Å². The summed E-state index contributed by atoms with van der Waals surface area (Å²) in [4.78, 5) is 17.0. The Bertz CT molecular complexity index is 1870. The fourth-order valence-corrected chi connectivity index (χ4v) is 4.03. The molecule has 0 saturated heterocycles. The summed E-state index contributed by atoms with van der Waals surface area (Å²) in [7, 11) is 1.80. The third-order valence-electron chi connectivity index (χ3n) is 5.97. The molecule has 204 valence electrons. The number of aromatic nitrogens is 5. The average Bonchev–Trinajstić information content (AvgIpc) is 3.57. The van der Waals surface area contributed by atoms with Crippen molar-refractivity contribution in [2.45, 2.75) is 0 Å². The topological polar surface area (TPSA) is 119 Å². The van der Waals surface area contributed by atoms with Crippen molar-refractivity contribution < 1.29 is 23.0 Å². The number of hydrogen-bond acceptors (Lipinski definition) is 6. The molecule has 2 amide bonds. The van der Waals surface area contributed by atoms with Crippen LogP contribution in [-0.4, -0.2) is 31.0 Å². The molecule has 0 bridgehead atoms. The van der Waals surface area contributed by atoms with Crippen molar-refractivity contribution in [1.82, 2.24) is 25.0 Å². The Morgan fingerprint density at radius 1 is 0.902 bits per heavy atom. The number of nitrogens with zero attached hydrogens (tertiary/aromatic N) is 4. The summed E-state index contributed by atoms with van der Waals surface area (Å²) in [5, 5.41) is 16.9. The SMILES string of the molecule is Cn1cc(-c2cc(Oc3ccc(NC(=O)Nc4n[nH]c5ccc(Oc6ccc(F)cc6)cc45)cc3F)ccn2)cn1. The largest absolute Gasteiger partial charge is 0.457 e. The van der Waals surface area contributed by atoms with E-state index in [0.717, 1.165) is 11.6 Å². The van der Waals surface area contributed by atoms with Crippen LogP contribution in [0.15, 0.2) is 91.4 Å². The normalized spacial score (nSPS) is 10.9. The van der Waals surface area contributed by atoms with E-state index in [-0.39, 0.29) is 23.1 Å². The molecule has 10 nitrogen and oxygen atoms in total. The minimum atomic E-state index is -0.671. The van der Waals surface area contributed by atoms with Crippen LogP contribution < -0.4 is 20.1 Å². The maximum Gasteiger partial charge on any atom is 0.324 e.